The number of benzene rings is 1. The summed E-state index contributed by atoms with van der Waals surface area (Å²) < 4.78 is 0. The lowest BCUT2D eigenvalue weighted by molar-refractivity contribution is -0.0499. The molecule has 5 rings (SSSR count). The van der Waals surface area contributed by atoms with Crippen LogP contribution in [0.1, 0.15) is 47.3 Å². The number of fused-ring (bicyclic) bond motifs is 4. The van der Waals surface area contributed by atoms with Gasteiger partial charge in [-0.05, 0) is 62.1 Å². The van der Waals surface area contributed by atoms with E-state index in [4.69, 9.17) is 0 Å². The van der Waals surface area contributed by atoms with E-state index in [-0.39, 0.29) is 5.91 Å². The lowest BCUT2D eigenvalue weighted by Gasteiger charge is -2.55. The Morgan fingerprint density at radius 1 is 1.07 bits per heavy atom. The first-order valence-corrected chi connectivity index (χ1v) is 11.2. The van der Waals surface area contributed by atoms with Crippen molar-refractivity contribution in [3.8, 4) is 0 Å². The van der Waals surface area contributed by atoms with Gasteiger partial charge in [0, 0.05) is 43.6 Å². The number of nitrogens with zero attached hydrogens (tertiary/aromatic N) is 3. The summed E-state index contributed by atoms with van der Waals surface area (Å²) in [6.45, 7) is 4.89. The molecular formula is C25H31N3O. The van der Waals surface area contributed by atoms with Gasteiger partial charge in [-0.2, -0.15) is 0 Å². The molecule has 0 spiro atoms. The average molecular weight is 390 g/mol. The monoisotopic (exact) mass is 389 g/mol. The number of carbonyl (C=O) groups is 1. The zero-order valence-electron chi connectivity index (χ0n) is 17.3. The molecule has 4 nitrogen and oxygen atoms in total. The molecule has 3 fully saturated rings. The van der Waals surface area contributed by atoms with Gasteiger partial charge in [0.15, 0.2) is 0 Å². The van der Waals surface area contributed by atoms with E-state index in [1.165, 1.54) is 31.2 Å². The molecule has 0 unspecified atom stereocenters. The first-order chi connectivity index (χ1) is 14.2. The van der Waals surface area contributed by atoms with Crippen LogP contribution in [-0.4, -0.2) is 52.4 Å². The molecule has 1 aromatic heterocycles. The van der Waals surface area contributed by atoms with Crippen molar-refractivity contribution in [3.05, 3.63) is 65.5 Å². The van der Waals surface area contributed by atoms with E-state index in [9.17, 15) is 4.79 Å². The molecule has 2 bridgehead atoms. The highest BCUT2D eigenvalue weighted by atomic mass is 16.2. The first kappa shape index (κ1) is 18.8. The van der Waals surface area contributed by atoms with Crippen molar-refractivity contribution in [1.82, 2.24) is 14.8 Å². The van der Waals surface area contributed by atoms with E-state index in [1.807, 2.05) is 19.1 Å². The van der Waals surface area contributed by atoms with Gasteiger partial charge >= 0.3 is 0 Å². The summed E-state index contributed by atoms with van der Waals surface area (Å²) in [5, 5.41) is 0. The van der Waals surface area contributed by atoms with Crippen molar-refractivity contribution in [2.45, 2.75) is 51.1 Å². The SMILES string of the molecule is Cc1ncccc1C(=O)N1C[C@@H]2C[C@H](C1)[C@@H]1CCC[C@H](Cc3ccccc3)N1C2. The number of amides is 1. The molecule has 3 aliphatic heterocycles. The second-order valence-electron chi connectivity index (χ2n) is 9.25. The van der Waals surface area contributed by atoms with Crippen LogP contribution in [0.5, 0.6) is 0 Å². The van der Waals surface area contributed by atoms with Crippen molar-refractivity contribution < 1.29 is 4.79 Å². The average Bonchev–Trinajstić information content (AvgIpc) is 2.75. The highest BCUT2D eigenvalue weighted by Crippen LogP contribution is 2.40. The third-order valence-electron chi connectivity index (χ3n) is 7.35. The van der Waals surface area contributed by atoms with Gasteiger partial charge in [0.25, 0.3) is 5.91 Å². The first-order valence-electron chi connectivity index (χ1n) is 11.2. The second kappa shape index (κ2) is 7.91. The Bertz CT molecular complexity index is 867. The van der Waals surface area contributed by atoms with Gasteiger partial charge in [-0.1, -0.05) is 36.8 Å². The summed E-state index contributed by atoms with van der Waals surface area (Å²) in [6.07, 6.45) is 8.13. The van der Waals surface area contributed by atoms with Crippen LogP contribution in [0.2, 0.25) is 0 Å². The number of hydrogen-bond acceptors (Lipinski definition) is 3. The topological polar surface area (TPSA) is 36.4 Å². The number of hydrogen-bond donors (Lipinski definition) is 0. The standard InChI is InChI=1S/C25H31N3O/c1-18-23(10-6-12-26-18)25(29)27-15-20-13-21(17-27)24-11-5-9-22(28(24)16-20)14-19-7-3-2-4-8-19/h2-4,6-8,10,12,20-22,24H,5,9,11,13-17H2,1H3/t20-,21+,22+,24-/m0/s1. The molecule has 0 saturated carbocycles. The van der Waals surface area contributed by atoms with E-state index >= 15 is 0 Å². The molecule has 152 valence electrons. The molecule has 0 aliphatic carbocycles. The van der Waals surface area contributed by atoms with E-state index < -0.39 is 0 Å². The molecule has 0 radical (unpaired) electrons. The van der Waals surface area contributed by atoms with E-state index in [0.717, 1.165) is 37.3 Å². The maximum atomic E-state index is 13.2. The van der Waals surface area contributed by atoms with Gasteiger partial charge in [-0.3, -0.25) is 14.7 Å². The van der Waals surface area contributed by atoms with Crippen LogP contribution >= 0.6 is 0 Å². The fourth-order valence-electron chi connectivity index (χ4n) is 6.06. The number of likely N-dealkylation sites (tertiary alicyclic amines) is 1. The molecule has 3 aliphatic rings. The lowest BCUT2D eigenvalue weighted by atomic mass is 9.74. The Balaban J connectivity index is 1.32. The largest absolute Gasteiger partial charge is 0.338 e. The Kier molecular flexibility index (Phi) is 5.13. The minimum atomic E-state index is 0.176. The molecule has 1 amide bonds. The number of carbonyl (C=O) groups excluding carboxylic acids is 1. The quantitative estimate of drug-likeness (QED) is 0.798. The van der Waals surface area contributed by atoms with Crippen molar-refractivity contribution in [2.24, 2.45) is 11.8 Å². The smallest absolute Gasteiger partial charge is 0.255 e. The molecular weight excluding hydrogens is 358 g/mol. The van der Waals surface area contributed by atoms with Crippen molar-refractivity contribution in [1.29, 1.82) is 0 Å². The van der Waals surface area contributed by atoms with Crippen LogP contribution in [0.15, 0.2) is 48.7 Å². The molecule has 4 heterocycles. The Morgan fingerprint density at radius 3 is 2.76 bits per heavy atom. The van der Waals surface area contributed by atoms with Crippen LogP contribution in [0, 0.1) is 18.8 Å². The van der Waals surface area contributed by atoms with Crippen molar-refractivity contribution >= 4 is 5.91 Å². The number of pyridine rings is 1. The maximum absolute atomic E-state index is 13.2. The summed E-state index contributed by atoms with van der Waals surface area (Å²) in [5.41, 5.74) is 3.07. The third kappa shape index (κ3) is 3.71. The van der Waals surface area contributed by atoms with E-state index in [0.29, 0.717) is 23.9 Å². The Hall–Kier alpha value is -2.20. The highest BCUT2D eigenvalue weighted by Gasteiger charge is 2.45. The molecule has 4 heteroatoms. The minimum absolute atomic E-state index is 0.176. The fraction of sp³-hybridized carbons (Fsp3) is 0.520. The van der Waals surface area contributed by atoms with Crippen LogP contribution < -0.4 is 0 Å². The molecule has 29 heavy (non-hydrogen) atoms. The van der Waals surface area contributed by atoms with Gasteiger partial charge in [0.2, 0.25) is 0 Å². The Labute approximate surface area is 173 Å². The number of piperidine rings is 3. The van der Waals surface area contributed by atoms with Crippen molar-refractivity contribution in [3.63, 3.8) is 0 Å². The summed E-state index contributed by atoms with van der Waals surface area (Å²) in [5.74, 6) is 1.39. The molecule has 2 aromatic rings. The Morgan fingerprint density at radius 2 is 1.93 bits per heavy atom. The zero-order valence-corrected chi connectivity index (χ0v) is 17.3. The maximum Gasteiger partial charge on any atom is 0.255 e. The number of aromatic nitrogens is 1. The summed E-state index contributed by atoms with van der Waals surface area (Å²) in [4.78, 5) is 22.5. The normalized spacial score (nSPS) is 29.3. The van der Waals surface area contributed by atoms with Gasteiger partial charge in [-0.25, -0.2) is 0 Å². The molecule has 1 aromatic carbocycles. The van der Waals surface area contributed by atoms with Gasteiger partial charge in [-0.15, -0.1) is 0 Å². The van der Waals surface area contributed by atoms with Gasteiger partial charge in [0.1, 0.15) is 0 Å². The van der Waals surface area contributed by atoms with Gasteiger partial charge in [0.05, 0.1) is 5.56 Å². The number of rotatable bonds is 3. The predicted octanol–water partition coefficient (Wildman–Crippen LogP) is 3.95. The van der Waals surface area contributed by atoms with Crippen LogP contribution in [0.4, 0.5) is 0 Å². The molecule has 0 N–H and O–H groups in total. The number of aryl methyl sites for hydroxylation is 1. The van der Waals surface area contributed by atoms with Gasteiger partial charge < -0.3 is 4.90 Å². The lowest BCUT2D eigenvalue weighted by Crippen LogP contribution is -2.62. The third-order valence-corrected chi connectivity index (χ3v) is 7.35. The van der Waals surface area contributed by atoms with Crippen molar-refractivity contribution in [2.75, 3.05) is 19.6 Å². The van der Waals surface area contributed by atoms with Crippen LogP contribution in [0.3, 0.4) is 0 Å². The zero-order chi connectivity index (χ0) is 19.8. The van der Waals surface area contributed by atoms with Crippen LogP contribution in [0.25, 0.3) is 0 Å². The second-order valence-corrected chi connectivity index (χ2v) is 9.25. The minimum Gasteiger partial charge on any atom is -0.338 e. The summed E-state index contributed by atoms with van der Waals surface area (Å²) in [6, 6.07) is 16.1. The highest BCUT2D eigenvalue weighted by molar-refractivity contribution is 5.95. The summed E-state index contributed by atoms with van der Waals surface area (Å²) in [7, 11) is 0. The van der Waals surface area contributed by atoms with E-state index in [2.05, 4.69) is 45.1 Å². The molecule has 4 atom stereocenters. The fourth-order valence-corrected chi connectivity index (χ4v) is 6.06. The van der Waals surface area contributed by atoms with E-state index in [1.54, 1.807) is 6.20 Å². The van der Waals surface area contributed by atoms with Crippen LogP contribution in [-0.2, 0) is 6.42 Å². The molecule has 3 saturated heterocycles. The summed E-state index contributed by atoms with van der Waals surface area (Å²) >= 11 is 0. The predicted molar refractivity (Wildman–Crippen MR) is 115 cm³/mol.